The van der Waals surface area contributed by atoms with Gasteiger partial charge >= 0.3 is 5.97 Å². The normalized spacial score (nSPS) is 16.8. The van der Waals surface area contributed by atoms with Crippen LogP contribution in [0.5, 0.6) is 0 Å². The maximum Gasteiger partial charge on any atom is 0.306 e. The minimum atomic E-state index is -0.578. The van der Waals surface area contributed by atoms with Gasteiger partial charge in [0.1, 0.15) is 0 Å². The smallest absolute Gasteiger partial charge is 0.306 e. The van der Waals surface area contributed by atoms with E-state index in [1.165, 1.54) is 17.5 Å². The summed E-state index contributed by atoms with van der Waals surface area (Å²) >= 11 is 0. The van der Waals surface area contributed by atoms with Gasteiger partial charge in [-0.1, -0.05) is 12.1 Å². The number of rotatable bonds is 7. The van der Waals surface area contributed by atoms with E-state index in [0.717, 1.165) is 24.8 Å². The van der Waals surface area contributed by atoms with E-state index in [-0.39, 0.29) is 42.8 Å². The maximum atomic E-state index is 12.5. The van der Waals surface area contributed by atoms with Crippen LogP contribution in [0.25, 0.3) is 0 Å². The number of hydrogen-bond acceptors (Lipinski definition) is 5. The van der Waals surface area contributed by atoms with Crippen LogP contribution in [0, 0.1) is 0 Å². The molecule has 2 aliphatic rings. The maximum absolute atomic E-state index is 12.5. The number of fused-ring (bicyclic) bond motifs is 2. The first-order valence-electron chi connectivity index (χ1n) is 10.7. The van der Waals surface area contributed by atoms with Gasteiger partial charge in [-0.25, -0.2) is 0 Å². The Labute approximate surface area is 181 Å². The van der Waals surface area contributed by atoms with Crippen molar-refractivity contribution < 1.29 is 23.9 Å². The Balaban J connectivity index is 1.27. The lowest BCUT2D eigenvalue weighted by Crippen LogP contribution is -2.15. The zero-order chi connectivity index (χ0) is 22.0. The number of benzene rings is 2. The molecule has 1 N–H and O–H groups in total. The van der Waals surface area contributed by atoms with Crippen LogP contribution in [0.15, 0.2) is 36.4 Å². The monoisotopic (exact) mass is 419 g/mol. The molecular weight excluding hydrogens is 394 g/mol. The van der Waals surface area contributed by atoms with Crippen LogP contribution in [-0.2, 0) is 27.2 Å². The fourth-order valence-corrected chi connectivity index (χ4v) is 4.16. The third-order valence-electron chi connectivity index (χ3n) is 6.08. The van der Waals surface area contributed by atoms with Crippen molar-refractivity contribution in [1.29, 1.82) is 0 Å². The molecule has 6 nitrogen and oxygen atoms in total. The van der Waals surface area contributed by atoms with Crippen LogP contribution in [0.1, 0.15) is 75.9 Å². The number of amides is 1. The molecule has 0 radical (unpaired) electrons. The van der Waals surface area contributed by atoms with Crippen LogP contribution in [0.3, 0.4) is 0 Å². The molecule has 2 aromatic carbocycles. The van der Waals surface area contributed by atoms with Crippen molar-refractivity contribution in [2.45, 2.75) is 51.4 Å². The van der Waals surface area contributed by atoms with Gasteiger partial charge in [-0.3, -0.25) is 19.2 Å². The highest BCUT2D eigenvalue weighted by molar-refractivity contribution is 6.05. The molecule has 1 aliphatic heterocycles. The van der Waals surface area contributed by atoms with E-state index in [1.807, 2.05) is 18.2 Å². The Morgan fingerprint density at radius 1 is 0.935 bits per heavy atom. The predicted octanol–water partition coefficient (Wildman–Crippen LogP) is 4.01. The summed E-state index contributed by atoms with van der Waals surface area (Å²) in [6, 6.07) is 10.7. The van der Waals surface area contributed by atoms with E-state index in [0.29, 0.717) is 16.8 Å². The number of carbonyl (C=O) groups is 4. The van der Waals surface area contributed by atoms with Crippen molar-refractivity contribution in [3.8, 4) is 0 Å². The summed E-state index contributed by atoms with van der Waals surface area (Å²) in [6.45, 7) is 1.38. The van der Waals surface area contributed by atoms with E-state index in [2.05, 4.69) is 5.32 Å². The van der Waals surface area contributed by atoms with Gasteiger partial charge in [-0.15, -0.1) is 0 Å². The molecule has 0 spiro atoms. The summed E-state index contributed by atoms with van der Waals surface area (Å²) in [5, 5.41) is 2.75. The molecule has 31 heavy (non-hydrogen) atoms. The lowest BCUT2D eigenvalue weighted by Gasteiger charge is -2.16. The molecule has 1 aliphatic carbocycles. The largest absolute Gasteiger partial charge is 0.457 e. The second kappa shape index (κ2) is 8.84. The van der Waals surface area contributed by atoms with Gasteiger partial charge in [0.15, 0.2) is 18.2 Å². The SMILES string of the molecule is C[C@@H]1C(=O)Nc2ccc(C(=O)COC(=O)CCC(=O)c3ccc4c(c3)CCCC4)cc21. The Bertz CT molecular complexity index is 1070. The van der Waals surface area contributed by atoms with Crippen molar-refractivity contribution >= 4 is 29.1 Å². The number of hydrogen-bond donors (Lipinski definition) is 1. The number of carbonyl (C=O) groups excluding carboxylic acids is 4. The van der Waals surface area contributed by atoms with E-state index in [4.69, 9.17) is 4.74 Å². The van der Waals surface area contributed by atoms with Gasteiger partial charge in [0.2, 0.25) is 5.91 Å². The second-order valence-corrected chi connectivity index (χ2v) is 8.21. The molecule has 160 valence electrons. The van der Waals surface area contributed by atoms with Gasteiger partial charge < -0.3 is 10.1 Å². The Hall–Kier alpha value is -3.28. The third-order valence-corrected chi connectivity index (χ3v) is 6.08. The minimum Gasteiger partial charge on any atom is -0.457 e. The number of Topliss-reactive ketones (excluding diaryl/α,β-unsaturated/α-hetero) is 2. The van der Waals surface area contributed by atoms with Crippen molar-refractivity contribution in [2.24, 2.45) is 0 Å². The lowest BCUT2D eigenvalue weighted by molar-refractivity contribution is -0.142. The highest BCUT2D eigenvalue weighted by Crippen LogP contribution is 2.32. The third kappa shape index (κ3) is 4.58. The van der Waals surface area contributed by atoms with Crippen molar-refractivity contribution in [2.75, 3.05) is 11.9 Å². The standard InChI is InChI=1S/C25H25NO5/c1-15-20-13-19(8-9-21(20)26-25(15)30)23(28)14-31-24(29)11-10-22(27)18-7-6-16-4-2-3-5-17(16)12-18/h6-9,12-13,15H,2-5,10-11,14H2,1H3,(H,26,30)/t15-/m0/s1. The van der Waals surface area contributed by atoms with E-state index >= 15 is 0 Å². The molecule has 1 amide bonds. The molecule has 2 aromatic rings. The fraction of sp³-hybridized carbons (Fsp3) is 0.360. The minimum absolute atomic E-state index is 0.0515. The van der Waals surface area contributed by atoms with E-state index in [9.17, 15) is 19.2 Å². The fourth-order valence-electron chi connectivity index (χ4n) is 4.16. The van der Waals surface area contributed by atoms with Crippen LogP contribution in [0.2, 0.25) is 0 Å². The Kier molecular flexibility index (Phi) is 5.98. The van der Waals surface area contributed by atoms with E-state index in [1.54, 1.807) is 25.1 Å². The van der Waals surface area contributed by atoms with Crippen molar-refractivity contribution in [3.63, 3.8) is 0 Å². The summed E-state index contributed by atoms with van der Waals surface area (Å²) in [6.07, 6.45) is 4.36. The first-order valence-corrected chi connectivity index (χ1v) is 10.7. The average Bonchev–Trinajstić information content (AvgIpc) is 3.08. The molecule has 1 heterocycles. The number of esters is 1. The van der Waals surface area contributed by atoms with Crippen LogP contribution in [0.4, 0.5) is 5.69 Å². The zero-order valence-corrected chi connectivity index (χ0v) is 17.5. The van der Waals surface area contributed by atoms with Crippen LogP contribution in [-0.4, -0.2) is 30.0 Å². The van der Waals surface area contributed by atoms with Crippen LogP contribution < -0.4 is 5.32 Å². The summed E-state index contributed by atoms with van der Waals surface area (Å²) in [4.78, 5) is 48.6. The topological polar surface area (TPSA) is 89.5 Å². The summed E-state index contributed by atoms with van der Waals surface area (Å²) in [7, 11) is 0. The average molecular weight is 419 g/mol. The van der Waals surface area contributed by atoms with Crippen molar-refractivity contribution in [1.82, 2.24) is 0 Å². The van der Waals surface area contributed by atoms with Gasteiger partial charge in [-0.2, -0.15) is 0 Å². The van der Waals surface area contributed by atoms with Crippen molar-refractivity contribution in [3.05, 3.63) is 64.2 Å². The zero-order valence-electron chi connectivity index (χ0n) is 17.5. The second-order valence-electron chi connectivity index (χ2n) is 8.21. The number of anilines is 1. The molecule has 0 saturated heterocycles. The molecule has 6 heteroatoms. The van der Waals surface area contributed by atoms with Crippen LogP contribution >= 0.6 is 0 Å². The molecule has 0 saturated carbocycles. The summed E-state index contributed by atoms with van der Waals surface area (Å²) in [5.74, 6) is -1.44. The molecule has 1 atom stereocenters. The lowest BCUT2D eigenvalue weighted by atomic mass is 9.89. The predicted molar refractivity (Wildman–Crippen MR) is 115 cm³/mol. The highest BCUT2D eigenvalue weighted by atomic mass is 16.5. The first-order chi connectivity index (χ1) is 14.9. The number of aryl methyl sites for hydroxylation is 2. The molecule has 0 aromatic heterocycles. The Morgan fingerprint density at radius 2 is 1.65 bits per heavy atom. The molecule has 0 unspecified atom stereocenters. The van der Waals surface area contributed by atoms with Gasteiger partial charge in [-0.05, 0) is 73.6 Å². The summed E-state index contributed by atoms with van der Waals surface area (Å²) in [5.41, 5.74) is 5.01. The quantitative estimate of drug-likeness (QED) is 0.541. The van der Waals surface area contributed by atoms with Gasteiger partial charge in [0.25, 0.3) is 0 Å². The molecule has 0 fully saturated rings. The Morgan fingerprint density at radius 3 is 2.45 bits per heavy atom. The first kappa shape index (κ1) is 21.0. The van der Waals surface area contributed by atoms with Gasteiger partial charge in [0, 0.05) is 23.2 Å². The molecular formula is C25H25NO5. The molecule has 0 bridgehead atoms. The number of ketones is 2. The number of nitrogens with one attached hydrogen (secondary N) is 1. The summed E-state index contributed by atoms with van der Waals surface area (Å²) < 4.78 is 5.08. The molecule has 4 rings (SSSR count). The van der Waals surface area contributed by atoms with E-state index < -0.39 is 5.97 Å². The number of ether oxygens (including phenoxy) is 1. The van der Waals surface area contributed by atoms with Gasteiger partial charge in [0.05, 0.1) is 12.3 Å². The highest BCUT2D eigenvalue weighted by Gasteiger charge is 2.27.